The molecule has 0 bridgehead atoms. The Labute approximate surface area is 44.2 Å². The van der Waals surface area contributed by atoms with Crippen molar-refractivity contribution >= 4 is 6.79 Å². The zero-order valence-electron chi connectivity index (χ0n) is 4.85. The van der Waals surface area contributed by atoms with E-state index in [4.69, 9.17) is 9.90 Å². The summed E-state index contributed by atoms with van der Waals surface area (Å²) in [7, 11) is 0. The van der Waals surface area contributed by atoms with Crippen molar-refractivity contribution in [3.63, 3.8) is 0 Å². The lowest BCUT2D eigenvalue weighted by molar-refractivity contribution is -0.0979. The molecular weight excluding hydrogens is 92.1 g/mol. The molecule has 0 aliphatic heterocycles. The van der Waals surface area contributed by atoms with Crippen LogP contribution in [0.15, 0.2) is 0 Å². The molecule has 0 rings (SSSR count). The minimum atomic E-state index is 0.306. The quantitative estimate of drug-likeness (QED) is 0.524. The lowest BCUT2D eigenvalue weighted by Gasteiger charge is -1.90. The third kappa shape index (κ3) is 27.9. The first-order chi connectivity index (χ1) is 3.27. The van der Waals surface area contributed by atoms with Gasteiger partial charge in [0.1, 0.15) is 6.79 Å². The fourth-order valence-corrected chi connectivity index (χ4v) is 0. The zero-order chi connectivity index (χ0) is 6.28. The van der Waals surface area contributed by atoms with E-state index in [0.717, 1.165) is 0 Å². The van der Waals surface area contributed by atoms with Crippen LogP contribution in [-0.2, 0) is 4.79 Å². The van der Waals surface area contributed by atoms with Crippen LogP contribution in [0.4, 0.5) is 0 Å². The van der Waals surface area contributed by atoms with Gasteiger partial charge >= 0.3 is 0 Å². The van der Waals surface area contributed by atoms with E-state index < -0.39 is 0 Å². The van der Waals surface area contributed by atoms with Gasteiger partial charge in [-0.25, -0.2) is 0 Å². The predicted molar refractivity (Wildman–Crippen MR) is 29.0 cm³/mol. The van der Waals surface area contributed by atoms with Crippen molar-refractivity contribution in [3.8, 4) is 0 Å². The van der Waals surface area contributed by atoms with E-state index in [-0.39, 0.29) is 0 Å². The van der Waals surface area contributed by atoms with Gasteiger partial charge in [0.2, 0.25) is 0 Å². The van der Waals surface area contributed by atoms with Crippen LogP contribution in [-0.4, -0.2) is 18.5 Å². The van der Waals surface area contributed by atoms with Gasteiger partial charge in [-0.15, -0.1) is 0 Å². The van der Waals surface area contributed by atoms with Gasteiger partial charge in [0.05, 0.1) is 0 Å². The van der Waals surface area contributed by atoms with E-state index in [1.807, 2.05) is 20.6 Å². The molecule has 0 aromatic rings. The molecular formula is C5H12O2. The van der Waals surface area contributed by atoms with Crippen LogP contribution in [0.1, 0.15) is 13.8 Å². The van der Waals surface area contributed by atoms with Crippen LogP contribution in [0.3, 0.4) is 0 Å². The fraction of sp³-hybridized carbons (Fsp3) is 0.800. The average Bonchev–Trinajstić information content (AvgIpc) is 1.73. The van der Waals surface area contributed by atoms with E-state index in [1.54, 1.807) is 0 Å². The van der Waals surface area contributed by atoms with E-state index in [2.05, 4.69) is 0 Å². The highest BCUT2D eigenvalue weighted by Gasteiger charge is 1.81. The Morgan fingerprint density at radius 1 is 1.57 bits per heavy atom. The van der Waals surface area contributed by atoms with Gasteiger partial charge in [-0.3, -0.25) is 0 Å². The monoisotopic (exact) mass is 104 g/mol. The SMILES string of the molecule is C=O.CC(C)CO. The molecule has 0 aromatic heterocycles. The second-order valence-electron chi connectivity index (χ2n) is 1.58. The van der Waals surface area contributed by atoms with E-state index in [9.17, 15) is 0 Å². The molecule has 0 saturated carbocycles. The van der Waals surface area contributed by atoms with E-state index >= 15 is 0 Å². The molecule has 1 N–H and O–H groups in total. The number of carbonyl (C=O) groups excluding carboxylic acids is 1. The highest BCUT2D eigenvalue weighted by atomic mass is 16.3. The van der Waals surface area contributed by atoms with Crippen molar-refractivity contribution < 1.29 is 9.90 Å². The Hall–Kier alpha value is -0.370. The summed E-state index contributed by atoms with van der Waals surface area (Å²) >= 11 is 0. The normalized spacial score (nSPS) is 7.43. The van der Waals surface area contributed by atoms with Crippen LogP contribution < -0.4 is 0 Å². The number of rotatable bonds is 1. The summed E-state index contributed by atoms with van der Waals surface area (Å²) in [6, 6.07) is 0. The molecule has 0 spiro atoms. The number of hydrogen-bond acceptors (Lipinski definition) is 2. The Morgan fingerprint density at radius 2 is 1.71 bits per heavy atom. The van der Waals surface area contributed by atoms with Crippen LogP contribution in [0.5, 0.6) is 0 Å². The number of hydrogen-bond donors (Lipinski definition) is 1. The highest BCUT2D eigenvalue weighted by molar-refractivity contribution is 5.10. The molecule has 7 heavy (non-hydrogen) atoms. The summed E-state index contributed by atoms with van der Waals surface area (Å²) in [6.07, 6.45) is 0. The number of carbonyl (C=O) groups is 1. The molecule has 0 aromatic carbocycles. The van der Waals surface area contributed by atoms with Crippen LogP contribution in [0, 0.1) is 5.92 Å². The zero-order valence-corrected chi connectivity index (χ0v) is 4.85. The molecule has 44 valence electrons. The first-order valence-corrected chi connectivity index (χ1v) is 2.17. The second-order valence-corrected chi connectivity index (χ2v) is 1.58. The average molecular weight is 104 g/mol. The molecule has 0 heterocycles. The van der Waals surface area contributed by atoms with Gasteiger partial charge in [-0.1, -0.05) is 13.8 Å². The number of aliphatic hydroxyl groups is 1. The molecule has 0 aliphatic carbocycles. The van der Waals surface area contributed by atoms with Gasteiger partial charge in [0.15, 0.2) is 0 Å². The molecule has 0 amide bonds. The molecule has 0 atom stereocenters. The van der Waals surface area contributed by atoms with Gasteiger partial charge in [0.25, 0.3) is 0 Å². The first kappa shape index (κ1) is 9.80. The van der Waals surface area contributed by atoms with Gasteiger partial charge in [-0.2, -0.15) is 0 Å². The Balaban J connectivity index is 0. The van der Waals surface area contributed by atoms with Crippen LogP contribution in [0.25, 0.3) is 0 Å². The van der Waals surface area contributed by atoms with E-state index in [0.29, 0.717) is 12.5 Å². The summed E-state index contributed by atoms with van der Waals surface area (Å²) in [5.74, 6) is 0.440. The fourth-order valence-electron chi connectivity index (χ4n) is 0. The van der Waals surface area contributed by atoms with Gasteiger partial charge in [0, 0.05) is 6.61 Å². The summed E-state index contributed by atoms with van der Waals surface area (Å²) in [6.45, 7) is 6.25. The molecule has 0 aliphatic rings. The van der Waals surface area contributed by atoms with Crippen molar-refractivity contribution in [1.82, 2.24) is 0 Å². The summed E-state index contributed by atoms with van der Waals surface area (Å²) < 4.78 is 0. The minimum Gasteiger partial charge on any atom is -0.396 e. The summed E-state index contributed by atoms with van der Waals surface area (Å²) in [4.78, 5) is 8.00. The van der Waals surface area contributed by atoms with Crippen molar-refractivity contribution in [2.75, 3.05) is 6.61 Å². The smallest absolute Gasteiger partial charge is 0.106 e. The molecule has 0 fully saturated rings. The minimum absolute atomic E-state index is 0.306. The topological polar surface area (TPSA) is 37.3 Å². The van der Waals surface area contributed by atoms with Crippen molar-refractivity contribution in [2.45, 2.75) is 13.8 Å². The molecule has 0 radical (unpaired) electrons. The summed E-state index contributed by atoms with van der Waals surface area (Å²) in [5.41, 5.74) is 0. The second kappa shape index (κ2) is 9.16. The largest absolute Gasteiger partial charge is 0.396 e. The maximum Gasteiger partial charge on any atom is 0.106 e. The Kier molecular flexibility index (Phi) is 12.8. The van der Waals surface area contributed by atoms with Crippen molar-refractivity contribution in [1.29, 1.82) is 0 Å². The maximum absolute atomic E-state index is 8.14. The summed E-state index contributed by atoms with van der Waals surface area (Å²) in [5, 5.41) is 8.14. The van der Waals surface area contributed by atoms with Crippen molar-refractivity contribution in [3.05, 3.63) is 0 Å². The molecule has 0 unspecified atom stereocenters. The van der Waals surface area contributed by atoms with Crippen molar-refractivity contribution in [2.24, 2.45) is 5.92 Å². The Morgan fingerprint density at radius 3 is 1.71 bits per heavy atom. The lowest BCUT2D eigenvalue weighted by atomic mass is 10.2. The predicted octanol–water partition coefficient (Wildman–Crippen LogP) is 0.450. The molecule has 0 saturated heterocycles. The van der Waals surface area contributed by atoms with E-state index in [1.165, 1.54) is 0 Å². The lowest BCUT2D eigenvalue weighted by Crippen LogP contribution is -1.90. The maximum atomic E-state index is 8.14. The molecule has 2 nitrogen and oxygen atoms in total. The standard InChI is InChI=1S/C4H10O.CH2O/c1-4(2)3-5;1-2/h4-5H,3H2,1-2H3;1H2. The highest BCUT2D eigenvalue weighted by Crippen LogP contribution is 1.83. The van der Waals surface area contributed by atoms with Gasteiger partial charge in [-0.05, 0) is 5.92 Å². The third-order valence-electron chi connectivity index (χ3n) is 0.365. The molecule has 2 heteroatoms. The Bertz CT molecular complexity index is 27.3. The van der Waals surface area contributed by atoms with Crippen LogP contribution in [0.2, 0.25) is 0 Å². The number of aliphatic hydroxyl groups excluding tert-OH is 1. The first-order valence-electron chi connectivity index (χ1n) is 2.17. The third-order valence-corrected chi connectivity index (χ3v) is 0.365. The van der Waals surface area contributed by atoms with Gasteiger partial charge < -0.3 is 9.90 Å². The van der Waals surface area contributed by atoms with Crippen LogP contribution >= 0.6 is 0 Å².